The molecule has 0 aromatic carbocycles. The fraction of sp³-hybridized carbons (Fsp3) is 0.444. The molecule has 0 saturated heterocycles. The van der Waals surface area contributed by atoms with Gasteiger partial charge in [-0.2, -0.15) is 5.26 Å². The van der Waals surface area contributed by atoms with Crippen molar-refractivity contribution in [1.82, 2.24) is 0 Å². The predicted molar refractivity (Wildman–Crippen MR) is 58.4 cm³/mol. The summed E-state index contributed by atoms with van der Waals surface area (Å²) >= 11 is 4.01. The highest BCUT2D eigenvalue weighted by atomic mass is 127. The zero-order valence-electron chi connectivity index (χ0n) is 6.56. The normalized spacial score (nSPS) is 15.3. The third kappa shape index (κ3) is 1.27. The van der Waals surface area contributed by atoms with Crippen LogP contribution in [0.4, 0.5) is 0 Å². The molecule has 0 amide bonds. The van der Waals surface area contributed by atoms with Crippen LogP contribution in [0.15, 0.2) is 0 Å². The highest BCUT2D eigenvalue weighted by Crippen LogP contribution is 2.34. The first-order valence-electron chi connectivity index (χ1n) is 4.03. The largest absolute Gasteiger partial charge is 0.192 e. The molecule has 1 aliphatic carbocycles. The molecule has 1 aliphatic rings. The molecule has 0 spiro atoms. The Morgan fingerprint density at radius 2 is 1.92 bits per heavy atom. The topological polar surface area (TPSA) is 23.8 Å². The molecule has 0 saturated carbocycles. The van der Waals surface area contributed by atoms with Gasteiger partial charge in [0.1, 0.15) is 10.9 Å². The summed E-state index contributed by atoms with van der Waals surface area (Å²) in [6.45, 7) is 0. The van der Waals surface area contributed by atoms with E-state index in [1.807, 2.05) is 0 Å². The Bertz CT molecular complexity index is 348. The molecule has 0 aliphatic heterocycles. The van der Waals surface area contributed by atoms with Crippen molar-refractivity contribution in [3.63, 3.8) is 0 Å². The van der Waals surface area contributed by atoms with E-state index in [0.29, 0.717) is 0 Å². The maximum Gasteiger partial charge on any atom is 0.110 e. The molecule has 0 atom stereocenters. The minimum absolute atomic E-state index is 0.953. The van der Waals surface area contributed by atoms with Crippen molar-refractivity contribution in [3.8, 4) is 6.07 Å². The molecule has 12 heavy (non-hydrogen) atoms. The predicted octanol–water partition coefficient (Wildman–Crippen LogP) is 3.10. The average molecular weight is 289 g/mol. The summed E-state index contributed by atoms with van der Waals surface area (Å²) in [5.41, 5.74) is 2.81. The molecule has 2 rings (SSSR count). The number of hydrogen-bond donors (Lipinski definition) is 0. The van der Waals surface area contributed by atoms with E-state index in [0.717, 1.165) is 11.3 Å². The standard InChI is InChI=1S/C9H8INS/c10-9-7-4-2-1-3-6(7)8(5-11)12-9/h1-4H2. The van der Waals surface area contributed by atoms with Gasteiger partial charge in [-0.05, 0) is 59.4 Å². The second-order valence-corrected chi connectivity index (χ2v) is 5.81. The maximum atomic E-state index is 8.86. The van der Waals surface area contributed by atoms with E-state index in [1.54, 1.807) is 11.3 Å². The molecular weight excluding hydrogens is 281 g/mol. The van der Waals surface area contributed by atoms with Crippen LogP contribution in [0.2, 0.25) is 0 Å². The van der Waals surface area contributed by atoms with Crippen molar-refractivity contribution in [2.45, 2.75) is 25.7 Å². The molecule has 0 unspecified atom stereocenters. The Labute approximate surface area is 89.5 Å². The fourth-order valence-electron chi connectivity index (χ4n) is 1.68. The summed E-state index contributed by atoms with van der Waals surface area (Å²) in [5.74, 6) is 0. The summed E-state index contributed by atoms with van der Waals surface area (Å²) in [6.07, 6.45) is 4.86. The number of fused-ring (bicyclic) bond motifs is 1. The Morgan fingerprint density at radius 3 is 2.58 bits per heavy atom. The third-order valence-electron chi connectivity index (χ3n) is 2.27. The third-order valence-corrected chi connectivity index (χ3v) is 4.55. The molecule has 62 valence electrons. The van der Waals surface area contributed by atoms with Crippen molar-refractivity contribution in [1.29, 1.82) is 5.26 Å². The van der Waals surface area contributed by atoms with Crippen molar-refractivity contribution in [2.24, 2.45) is 0 Å². The van der Waals surface area contributed by atoms with Gasteiger partial charge >= 0.3 is 0 Å². The van der Waals surface area contributed by atoms with Crippen molar-refractivity contribution in [3.05, 3.63) is 18.9 Å². The van der Waals surface area contributed by atoms with Gasteiger partial charge in [-0.3, -0.25) is 0 Å². The second-order valence-electron chi connectivity index (χ2n) is 2.98. The Morgan fingerprint density at radius 1 is 1.25 bits per heavy atom. The van der Waals surface area contributed by atoms with E-state index in [4.69, 9.17) is 5.26 Å². The van der Waals surface area contributed by atoms with E-state index in [9.17, 15) is 0 Å². The van der Waals surface area contributed by atoms with Gasteiger partial charge in [-0.15, -0.1) is 11.3 Å². The van der Waals surface area contributed by atoms with Crippen LogP contribution in [0.3, 0.4) is 0 Å². The van der Waals surface area contributed by atoms with Gasteiger partial charge in [0.25, 0.3) is 0 Å². The number of rotatable bonds is 0. The van der Waals surface area contributed by atoms with E-state index in [2.05, 4.69) is 28.7 Å². The first-order chi connectivity index (χ1) is 5.83. The van der Waals surface area contributed by atoms with Crippen LogP contribution < -0.4 is 0 Å². The molecule has 3 heteroatoms. The Hall–Kier alpha value is -0.0800. The SMILES string of the molecule is N#Cc1sc(I)c2c1CCCC2. The summed E-state index contributed by atoms with van der Waals surface area (Å²) in [7, 11) is 0. The Balaban J connectivity index is 2.56. The summed E-state index contributed by atoms with van der Waals surface area (Å²) in [6, 6.07) is 2.29. The number of nitrogens with zero attached hydrogens (tertiary/aromatic N) is 1. The number of halogens is 1. The first-order valence-corrected chi connectivity index (χ1v) is 5.92. The van der Waals surface area contributed by atoms with Gasteiger partial charge in [-0.25, -0.2) is 0 Å². The molecule has 1 heterocycles. The van der Waals surface area contributed by atoms with Crippen molar-refractivity contribution >= 4 is 33.9 Å². The summed E-state index contributed by atoms with van der Waals surface area (Å²) < 4.78 is 1.33. The van der Waals surface area contributed by atoms with Gasteiger partial charge in [0.05, 0.1) is 2.88 Å². The molecule has 0 fully saturated rings. The van der Waals surface area contributed by atoms with Crippen molar-refractivity contribution < 1.29 is 0 Å². The van der Waals surface area contributed by atoms with Gasteiger partial charge in [-0.1, -0.05) is 0 Å². The van der Waals surface area contributed by atoms with Crippen LogP contribution >= 0.6 is 33.9 Å². The zero-order chi connectivity index (χ0) is 8.55. The smallest absolute Gasteiger partial charge is 0.110 e. The maximum absolute atomic E-state index is 8.86. The minimum atomic E-state index is 0.953. The minimum Gasteiger partial charge on any atom is -0.192 e. The van der Waals surface area contributed by atoms with Crippen LogP contribution in [0, 0.1) is 14.2 Å². The molecule has 0 radical (unpaired) electrons. The monoisotopic (exact) mass is 289 g/mol. The second kappa shape index (κ2) is 3.35. The molecular formula is C9H8INS. The highest BCUT2D eigenvalue weighted by Gasteiger charge is 2.18. The van der Waals surface area contributed by atoms with E-state index < -0.39 is 0 Å². The molecule has 1 aromatic heterocycles. The van der Waals surface area contributed by atoms with Gasteiger partial charge < -0.3 is 0 Å². The van der Waals surface area contributed by atoms with E-state index >= 15 is 0 Å². The summed E-state index contributed by atoms with van der Waals surface area (Å²) in [4.78, 5) is 0.953. The quantitative estimate of drug-likeness (QED) is 0.673. The van der Waals surface area contributed by atoms with Crippen LogP contribution in [0.5, 0.6) is 0 Å². The van der Waals surface area contributed by atoms with E-state index in [1.165, 1.54) is 33.3 Å². The molecule has 0 N–H and O–H groups in total. The average Bonchev–Trinajstić information content (AvgIpc) is 2.44. The zero-order valence-corrected chi connectivity index (χ0v) is 9.54. The van der Waals surface area contributed by atoms with E-state index in [-0.39, 0.29) is 0 Å². The number of nitriles is 1. The van der Waals surface area contributed by atoms with Crippen LogP contribution in [-0.4, -0.2) is 0 Å². The number of thiophene rings is 1. The first kappa shape index (κ1) is 8.52. The highest BCUT2D eigenvalue weighted by molar-refractivity contribution is 14.1. The number of hydrogen-bond acceptors (Lipinski definition) is 2. The fourth-order valence-corrected chi connectivity index (χ4v) is 3.85. The lowest BCUT2D eigenvalue weighted by Gasteiger charge is -2.10. The lowest BCUT2D eigenvalue weighted by atomic mass is 9.94. The van der Waals surface area contributed by atoms with Gasteiger partial charge in [0.15, 0.2) is 0 Å². The lowest BCUT2D eigenvalue weighted by Crippen LogP contribution is -2.01. The lowest BCUT2D eigenvalue weighted by molar-refractivity contribution is 0.687. The van der Waals surface area contributed by atoms with Gasteiger partial charge in [0.2, 0.25) is 0 Å². The van der Waals surface area contributed by atoms with Crippen LogP contribution in [0.25, 0.3) is 0 Å². The van der Waals surface area contributed by atoms with Crippen LogP contribution in [-0.2, 0) is 12.8 Å². The molecule has 1 aromatic rings. The van der Waals surface area contributed by atoms with Crippen LogP contribution in [0.1, 0.15) is 28.8 Å². The summed E-state index contributed by atoms with van der Waals surface area (Å²) in [5, 5.41) is 8.86. The Kier molecular flexibility index (Phi) is 2.37. The molecule has 1 nitrogen and oxygen atoms in total. The molecule has 0 bridgehead atoms. The van der Waals surface area contributed by atoms with Gasteiger partial charge in [0, 0.05) is 0 Å². The van der Waals surface area contributed by atoms with Crippen molar-refractivity contribution in [2.75, 3.05) is 0 Å².